The Morgan fingerprint density at radius 3 is 2.59 bits per heavy atom. The summed E-state index contributed by atoms with van der Waals surface area (Å²) in [6.45, 7) is 4.07. The second-order valence-corrected chi connectivity index (χ2v) is 6.85. The molecule has 1 aromatic heterocycles. The Bertz CT molecular complexity index is 1140. The lowest BCUT2D eigenvalue weighted by Crippen LogP contribution is -2.13. The molecule has 1 amide bonds. The van der Waals surface area contributed by atoms with Gasteiger partial charge in [-0.2, -0.15) is 4.80 Å². The summed E-state index contributed by atoms with van der Waals surface area (Å²) in [6.07, 6.45) is 1.00. The molecule has 0 aliphatic heterocycles. The molecule has 1 unspecified atom stereocenters. The quantitative estimate of drug-likeness (QED) is 0.514. The Labute approximate surface area is 169 Å². The molecule has 0 radical (unpaired) electrons. The van der Waals surface area contributed by atoms with E-state index in [1.165, 1.54) is 0 Å². The number of hydrogen-bond donors (Lipinski definition) is 1. The standard InChI is InChI=1S/C23H22N4O2/c1-3-16(2)29-20-11-7-8-17(14-20)23(28)24-18-12-13-21-22(15-18)26-27(25-21)19-9-5-4-6-10-19/h4-16H,3H2,1-2H3,(H,24,28). The molecular formula is C23H22N4O2. The Morgan fingerprint density at radius 2 is 1.79 bits per heavy atom. The molecule has 0 fully saturated rings. The van der Waals surface area contributed by atoms with Gasteiger partial charge in [-0.15, -0.1) is 10.2 Å². The van der Waals surface area contributed by atoms with Crippen molar-refractivity contribution >= 4 is 22.6 Å². The van der Waals surface area contributed by atoms with Crippen molar-refractivity contribution in [2.24, 2.45) is 0 Å². The summed E-state index contributed by atoms with van der Waals surface area (Å²) < 4.78 is 5.81. The van der Waals surface area contributed by atoms with Crippen LogP contribution in [0.2, 0.25) is 0 Å². The zero-order valence-corrected chi connectivity index (χ0v) is 16.4. The van der Waals surface area contributed by atoms with Gasteiger partial charge >= 0.3 is 0 Å². The highest BCUT2D eigenvalue weighted by Gasteiger charge is 2.11. The third-order valence-electron chi connectivity index (χ3n) is 4.63. The molecule has 146 valence electrons. The van der Waals surface area contributed by atoms with Gasteiger partial charge in [0.25, 0.3) is 5.91 Å². The van der Waals surface area contributed by atoms with Crippen molar-refractivity contribution in [2.45, 2.75) is 26.4 Å². The molecule has 4 aromatic rings. The average Bonchev–Trinajstić information content (AvgIpc) is 3.18. The van der Waals surface area contributed by atoms with Crippen LogP contribution >= 0.6 is 0 Å². The fourth-order valence-electron chi connectivity index (χ4n) is 2.90. The largest absolute Gasteiger partial charge is 0.491 e. The number of anilines is 1. The minimum atomic E-state index is -0.200. The van der Waals surface area contributed by atoms with Gasteiger partial charge in [-0.25, -0.2) is 0 Å². The Kier molecular flexibility index (Phi) is 5.24. The lowest BCUT2D eigenvalue weighted by Gasteiger charge is -2.13. The maximum atomic E-state index is 12.7. The fourth-order valence-corrected chi connectivity index (χ4v) is 2.90. The van der Waals surface area contributed by atoms with E-state index in [-0.39, 0.29) is 12.0 Å². The number of para-hydroxylation sites is 1. The highest BCUT2D eigenvalue weighted by Crippen LogP contribution is 2.20. The minimum absolute atomic E-state index is 0.0999. The number of nitrogens with zero attached hydrogens (tertiary/aromatic N) is 3. The zero-order chi connectivity index (χ0) is 20.2. The third-order valence-corrected chi connectivity index (χ3v) is 4.63. The lowest BCUT2D eigenvalue weighted by atomic mass is 10.2. The van der Waals surface area contributed by atoms with E-state index < -0.39 is 0 Å². The zero-order valence-electron chi connectivity index (χ0n) is 16.4. The Hall–Kier alpha value is -3.67. The van der Waals surface area contributed by atoms with Crippen LogP contribution in [0, 0.1) is 0 Å². The van der Waals surface area contributed by atoms with Crippen LogP contribution in [0.15, 0.2) is 72.8 Å². The predicted molar refractivity (Wildman–Crippen MR) is 114 cm³/mol. The Morgan fingerprint density at radius 1 is 1.00 bits per heavy atom. The van der Waals surface area contributed by atoms with Crippen molar-refractivity contribution in [3.8, 4) is 11.4 Å². The molecule has 29 heavy (non-hydrogen) atoms. The van der Waals surface area contributed by atoms with E-state index >= 15 is 0 Å². The van der Waals surface area contributed by atoms with E-state index in [2.05, 4.69) is 22.4 Å². The van der Waals surface area contributed by atoms with E-state index in [0.717, 1.165) is 17.6 Å². The number of ether oxygens (including phenoxy) is 1. The summed E-state index contributed by atoms with van der Waals surface area (Å²) in [4.78, 5) is 14.3. The summed E-state index contributed by atoms with van der Waals surface area (Å²) in [6, 6.07) is 22.4. The highest BCUT2D eigenvalue weighted by atomic mass is 16.5. The van der Waals surface area contributed by atoms with Crippen LogP contribution in [-0.4, -0.2) is 27.0 Å². The number of carbonyl (C=O) groups is 1. The van der Waals surface area contributed by atoms with Gasteiger partial charge in [-0.1, -0.05) is 31.2 Å². The maximum absolute atomic E-state index is 12.7. The lowest BCUT2D eigenvalue weighted by molar-refractivity contribution is 0.102. The van der Waals surface area contributed by atoms with Crippen LogP contribution in [0.25, 0.3) is 16.7 Å². The van der Waals surface area contributed by atoms with Crippen molar-refractivity contribution in [2.75, 3.05) is 5.32 Å². The van der Waals surface area contributed by atoms with Gasteiger partial charge in [-0.05, 0) is 61.9 Å². The van der Waals surface area contributed by atoms with Crippen LogP contribution in [0.1, 0.15) is 30.6 Å². The first kappa shape index (κ1) is 18.7. The molecule has 0 spiro atoms. The number of benzene rings is 3. The summed E-state index contributed by atoms with van der Waals surface area (Å²) in [5, 5.41) is 11.9. The van der Waals surface area contributed by atoms with E-state index in [1.54, 1.807) is 16.9 Å². The third kappa shape index (κ3) is 4.27. The number of nitrogens with one attached hydrogen (secondary N) is 1. The van der Waals surface area contributed by atoms with Gasteiger partial charge in [0.1, 0.15) is 16.8 Å². The van der Waals surface area contributed by atoms with Gasteiger partial charge in [0.2, 0.25) is 0 Å². The number of carbonyl (C=O) groups excluding carboxylic acids is 1. The molecule has 0 bridgehead atoms. The number of fused-ring (bicyclic) bond motifs is 1. The molecule has 6 nitrogen and oxygen atoms in total. The van der Waals surface area contributed by atoms with Crippen LogP contribution in [0.5, 0.6) is 5.75 Å². The van der Waals surface area contributed by atoms with Gasteiger partial charge in [-0.3, -0.25) is 4.79 Å². The van der Waals surface area contributed by atoms with Crippen molar-refractivity contribution in [1.29, 1.82) is 0 Å². The van der Waals surface area contributed by atoms with E-state index in [1.807, 2.05) is 67.6 Å². The van der Waals surface area contributed by atoms with Gasteiger partial charge < -0.3 is 10.1 Å². The van der Waals surface area contributed by atoms with Gasteiger partial charge in [0.15, 0.2) is 0 Å². The molecular weight excluding hydrogens is 364 g/mol. The first-order chi connectivity index (χ1) is 14.1. The van der Waals surface area contributed by atoms with Crippen molar-refractivity contribution in [3.05, 3.63) is 78.4 Å². The van der Waals surface area contributed by atoms with Crippen LogP contribution < -0.4 is 10.1 Å². The smallest absolute Gasteiger partial charge is 0.255 e. The first-order valence-electron chi connectivity index (χ1n) is 9.63. The van der Waals surface area contributed by atoms with E-state index in [9.17, 15) is 4.79 Å². The molecule has 0 aliphatic carbocycles. The second-order valence-electron chi connectivity index (χ2n) is 6.85. The molecule has 1 heterocycles. The number of hydrogen-bond acceptors (Lipinski definition) is 4. The topological polar surface area (TPSA) is 69.0 Å². The summed E-state index contributed by atoms with van der Waals surface area (Å²) in [5.74, 6) is 0.489. The molecule has 0 saturated carbocycles. The van der Waals surface area contributed by atoms with E-state index in [4.69, 9.17) is 4.74 Å². The van der Waals surface area contributed by atoms with Gasteiger partial charge in [0.05, 0.1) is 11.8 Å². The average molecular weight is 386 g/mol. The second kappa shape index (κ2) is 8.14. The van der Waals surface area contributed by atoms with Crippen LogP contribution in [0.3, 0.4) is 0 Å². The van der Waals surface area contributed by atoms with Crippen molar-refractivity contribution in [1.82, 2.24) is 15.0 Å². The van der Waals surface area contributed by atoms with Crippen LogP contribution in [-0.2, 0) is 0 Å². The molecule has 3 aromatic carbocycles. The number of aromatic nitrogens is 3. The minimum Gasteiger partial charge on any atom is -0.491 e. The van der Waals surface area contributed by atoms with Crippen LogP contribution in [0.4, 0.5) is 5.69 Å². The summed E-state index contributed by atoms with van der Waals surface area (Å²) >= 11 is 0. The monoisotopic (exact) mass is 386 g/mol. The molecule has 0 aliphatic rings. The van der Waals surface area contributed by atoms with Crippen molar-refractivity contribution in [3.63, 3.8) is 0 Å². The maximum Gasteiger partial charge on any atom is 0.255 e. The van der Waals surface area contributed by atoms with Gasteiger partial charge in [0, 0.05) is 11.3 Å². The summed E-state index contributed by atoms with van der Waals surface area (Å²) in [7, 11) is 0. The predicted octanol–water partition coefficient (Wildman–Crippen LogP) is 4.85. The fraction of sp³-hybridized carbons (Fsp3) is 0.174. The highest BCUT2D eigenvalue weighted by molar-refractivity contribution is 6.05. The molecule has 6 heteroatoms. The first-order valence-corrected chi connectivity index (χ1v) is 9.63. The normalized spacial score (nSPS) is 11.9. The SMILES string of the molecule is CCC(C)Oc1cccc(C(=O)Nc2ccc3nn(-c4ccccc4)nc3c2)c1. The molecule has 1 N–H and O–H groups in total. The molecule has 0 saturated heterocycles. The summed E-state index contributed by atoms with van der Waals surface area (Å²) in [5.41, 5.74) is 3.55. The Balaban J connectivity index is 1.53. The molecule has 1 atom stereocenters. The van der Waals surface area contributed by atoms with Crippen molar-refractivity contribution < 1.29 is 9.53 Å². The number of rotatable bonds is 6. The van der Waals surface area contributed by atoms with E-state index in [0.29, 0.717) is 22.5 Å². The number of amides is 1. The molecule has 4 rings (SSSR count).